The maximum absolute atomic E-state index is 11.3. The van der Waals surface area contributed by atoms with Crippen LogP contribution in [0, 0.1) is 10.8 Å². The van der Waals surface area contributed by atoms with E-state index in [1.807, 2.05) is 0 Å². The summed E-state index contributed by atoms with van der Waals surface area (Å²) in [6.07, 6.45) is 5.06. The lowest BCUT2D eigenvalue weighted by Gasteiger charge is -2.44. The average molecular weight is 210 g/mol. The third kappa shape index (κ3) is 2.21. The molecule has 15 heavy (non-hydrogen) atoms. The molecule has 2 rings (SSSR count). The maximum Gasteiger partial charge on any atom is 0.314 e. The van der Waals surface area contributed by atoms with Crippen LogP contribution in [0.1, 0.15) is 52.4 Å². The van der Waals surface area contributed by atoms with E-state index < -0.39 is 0 Å². The second-order valence-corrected chi connectivity index (χ2v) is 5.86. The highest BCUT2D eigenvalue weighted by Gasteiger charge is 2.45. The molecule has 0 unspecified atom stereocenters. The molecule has 84 valence electrons. The molecule has 0 aromatic heterocycles. The minimum atomic E-state index is -0.328. The number of ether oxygens (including phenoxy) is 1. The van der Waals surface area contributed by atoms with Crippen LogP contribution in [0.25, 0.3) is 0 Å². The summed E-state index contributed by atoms with van der Waals surface area (Å²) in [5, 5.41) is 0. The Labute approximate surface area is 90.2 Å². The quantitative estimate of drug-likeness (QED) is 0.455. The molecule has 0 atom stereocenters. The summed E-state index contributed by atoms with van der Waals surface area (Å²) < 4.78 is 4.59. The van der Waals surface area contributed by atoms with Gasteiger partial charge in [-0.1, -0.05) is 13.8 Å². The number of esters is 2. The number of rotatable bonds is 0. The van der Waals surface area contributed by atoms with E-state index in [9.17, 15) is 9.59 Å². The molecule has 1 aliphatic heterocycles. The van der Waals surface area contributed by atoms with Crippen molar-refractivity contribution in [2.45, 2.75) is 52.4 Å². The fraction of sp³-hybridized carbons (Fsp3) is 0.833. The summed E-state index contributed by atoms with van der Waals surface area (Å²) in [6, 6.07) is 0. The van der Waals surface area contributed by atoms with E-state index in [0.717, 1.165) is 25.7 Å². The van der Waals surface area contributed by atoms with Crippen molar-refractivity contribution in [3.63, 3.8) is 0 Å². The number of carbonyl (C=O) groups excluding carboxylic acids is 2. The standard InChI is InChI=1S/C12H18O3/c1-11(2)3-5-12(6-4-11)7-9(13)15-10(14)8-12/h3-8H2,1-2H3. The zero-order chi connectivity index (χ0) is 11.1. The smallest absolute Gasteiger partial charge is 0.314 e. The van der Waals surface area contributed by atoms with E-state index in [0.29, 0.717) is 18.3 Å². The lowest BCUT2D eigenvalue weighted by atomic mass is 9.62. The van der Waals surface area contributed by atoms with Gasteiger partial charge >= 0.3 is 11.9 Å². The Bertz CT molecular complexity index is 276. The van der Waals surface area contributed by atoms with Crippen molar-refractivity contribution in [1.29, 1.82) is 0 Å². The summed E-state index contributed by atoms with van der Waals surface area (Å²) in [5.74, 6) is -0.656. The molecule has 1 saturated carbocycles. The summed E-state index contributed by atoms with van der Waals surface area (Å²) in [4.78, 5) is 22.5. The molecule has 1 saturated heterocycles. The van der Waals surface area contributed by atoms with E-state index in [-0.39, 0.29) is 17.4 Å². The molecule has 1 aliphatic carbocycles. The molecule has 3 nitrogen and oxygen atoms in total. The van der Waals surface area contributed by atoms with Crippen molar-refractivity contribution in [3.05, 3.63) is 0 Å². The molecule has 2 fully saturated rings. The van der Waals surface area contributed by atoms with Gasteiger partial charge in [-0.15, -0.1) is 0 Å². The molecule has 0 bridgehead atoms. The largest absolute Gasteiger partial charge is 0.393 e. The number of hydrogen-bond acceptors (Lipinski definition) is 3. The third-order valence-corrected chi connectivity index (χ3v) is 3.93. The highest BCUT2D eigenvalue weighted by Crippen LogP contribution is 2.50. The van der Waals surface area contributed by atoms with Gasteiger partial charge in [0.2, 0.25) is 0 Å². The molecule has 0 N–H and O–H groups in total. The van der Waals surface area contributed by atoms with E-state index >= 15 is 0 Å². The normalized spacial score (nSPS) is 28.9. The lowest BCUT2D eigenvalue weighted by Crippen LogP contribution is -2.40. The van der Waals surface area contributed by atoms with E-state index in [2.05, 4.69) is 18.6 Å². The van der Waals surface area contributed by atoms with Gasteiger partial charge in [0, 0.05) is 0 Å². The number of carbonyl (C=O) groups is 2. The van der Waals surface area contributed by atoms with Crippen molar-refractivity contribution < 1.29 is 14.3 Å². The van der Waals surface area contributed by atoms with Crippen LogP contribution in [0.3, 0.4) is 0 Å². The fourth-order valence-corrected chi connectivity index (χ4v) is 2.68. The minimum absolute atomic E-state index is 0.0675. The Morgan fingerprint density at radius 2 is 1.40 bits per heavy atom. The molecule has 0 radical (unpaired) electrons. The first-order chi connectivity index (χ1) is 6.91. The van der Waals surface area contributed by atoms with E-state index in [1.165, 1.54) is 0 Å². The van der Waals surface area contributed by atoms with Gasteiger partial charge < -0.3 is 4.74 Å². The molecule has 0 aromatic carbocycles. The topological polar surface area (TPSA) is 43.4 Å². The van der Waals surface area contributed by atoms with Crippen LogP contribution < -0.4 is 0 Å². The van der Waals surface area contributed by atoms with Crippen LogP contribution in [-0.2, 0) is 14.3 Å². The Morgan fingerprint density at radius 1 is 0.933 bits per heavy atom. The van der Waals surface area contributed by atoms with E-state index in [4.69, 9.17) is 0 Å². The Hall–Kier alpha value is -0.860. The number of hydrogen-bond donors (Lipinski definition) is 0. The fourth-order valence-electron chi connectivity index (χ4n) is 2.68. The van der Waals surface area contributed by atoms with Crippen LogP contribution in [0.4, 0.5) is 0 Å². The van der Waals surface area contributed by atoms with Gasteiger partial charge in [0.05, 0.1) is 12.8 Å². The lowest BCUT2D eigenvalue weighted by molar-refractivity contribution is -0.171. The van der Waals surface area contributed by atoms with Gasteiger partial charge in [-0.3, -0.25) is 9.59 Å². The van der Waals surface area contributed by atoms with E-state index in [1.54, 1.807) is 0 Å². The van der Waals surface area contributed by atoms with Gasteiger partial charge in [-0.25, -0.2) is 0 Å². The highest BCUT2D eigenvalue weighted by atomic mass is 16.6. The molecule has 1 spiro atoms. The van der Waals surface area contributed by atoms with Gasteiger partial charge in [-0.2, -0.15) is 0 Å². The molecular weight excluding hydrogens is 192 g/mol. The second-order valence-electron chi connectivity index (χ2n) is 5.86. The van der Waals surface area contributed by atoms with Gasteiger partial charge in [0.25, 0.3) is 0 Å². The zero-order valence-electron chi connectivity index (χ0n) is 9.47. The number of cyclic esters (lactones) is 2. The maximum atomic E-state index is 11.3. The van der Waals surface area contributed by atoms with Crippen LogP contribution in [0.15, 0.2) is 0 Å². The summed E-state index contributed by atoms with van der Waals surface area (Å²) in [5.41, 5.74) is 0.303. The van der Waals surface area contributed by atoms with Crippen LogP contribution in [-0.4, -0.2) is 11.9 Å². The second kappa shape index (κ2) is 3.32. The van der Waals surface area contributed by atoms with Crippen LogP contribution in [0.5, 0.6) is 0 Å². The SMILES string of the molecule is CC1(C)CCC2(CC1)CC(=O)OC(=O)C2. The van der Waals surface area contributed by atoms with Crippen molar-refractivity contribution in [2.75, 3.05) is 0 Å². The molecule has 0 aromatic rings. The molecule has 3 heteroatoms. The molecule has 0 amide bonds. The highest BCUT2D eigenvalue weighted by molar-refractivity contribution is 5.89. The Balaban J connectivity index is 2.08. The zero-order valence-corrected chi connectivity index (χ0v) is 9.47. The average Bonchev–Trinajstić information content (AvgIpc) is 2.10. The Kier molecular flexibility index (Phi) is 2.36. The van der Waals surface area contributed by atoms with Crippen molar-refractivity contribution in [1.82, 2.24) is 0 Å². The van der Waals surface area contributed by atoms with Gasteiger partial charge in [0.15, 0.2) is 0 Å². The first-order valence-electron chi connectivity index (χ1n) is 5.64. The molecule has 1 heterocycles. The van der Waals surface area contributed by atoms with Crippen molar-refractivity contribution in [2.24, 2.45) is 10.8 Å². The molecule has 2 aliphatic rings. The Morgan fingerprint density at radius 3 is 1.87 bits per heavy atom. The predicted octanol–water partition coefficient (Wildman–Crippen LogP) is 2.44. The van der Waals surface area contributed by atoms with Crippen molar-refractivity contribution in [3.8, 4) is 0 Å². The van der Waals surface area contributed by atoms with Gasteiger partial charge in [0.1, 0.15) is 0 Å². The van der Waals surface area contributed by atoms with Crippen molar-refractivity contribution >= 4 is 11.9 Å². The summed E-state index contributed by atoms with van der Waals surface area (Å²) in [6.45, 7) is 4.51. The summed E-state index contributed by atoms with van der Waals surface area (Å²) in [7, 11) is 0. The minimum Gasteiger partial charge on any atom is -0.393 e. The first kappa shape index (κ1) is 10.7. The van der Waals surface area contributed by atoms with Crippen LogP contribution >= 0.6 is 0 Å². The molecular formula is C12H18O3. The predicted molar refractivity (Wildman–Crippen MR) is 55.0 cm³/mol. The third-order valence-electron chi connectivity index (χ3n) is 3.93. The van der Waals surface area contributed by atoms with Crippen LogP contribution in [0.2, 0.25) is 0 Å². The monoisotopic (exact) mass is 210 g/mol. The summed E-state index contributed by atoms with van der Waals surface area (Å²) >= 11 is 0. The van der Waals surface area contributed by atoms with Gasteiger partial charge in [-0.05, 0) is 36.5 Å². The first-order valence-corrected chi connectivity index (χ1v) is 5.64.